The Morgan fingerprint density at radius 3 is 1.12 bits per heavy atom. The van der Waals surface area contributed by atoms with Gasteiger partial charge in [-0.2, -0.15) is 0 Å². The number of para-hydroxylation sites is 2. The Hall–Kier alpha value is -5.36. The van der Waals surface area contributed by atoms with E-state index in [1.54, 1.807) is 0 Å². The summed E-state index contributed by atoms with van der Waals surface area (Å²) >= 11 is 6.23. The number of ether oxygens (including phenoxy) is 3. The summed E-state index contributed by atoms with van der Waals surface area (Å²) in [5, 5.41) is 18.9. The van der Waals surface area contributed by atoms with Crippen molar-refractivity contribution in [2.75, 3.05) is 0 Å². The van der Waals surface area contributed by atoms with Gasteiger partial charge >= 0.3 is 29.8 Å². The lowest BCUT2D eigenvalue weighted by molar-refractivity contribution is -0.132. The molecule has 0 saturated heterocycles. The van der Waals surface area contributed by atoms with Gasteiger partial charge in [-0.15, -0.1) is 0 Å². The second-order valence-corrected chi connectivity index (χ2v) is 8.68. The fourth-order valence-electron chi connectivity index (χ4n) is 3.75. The molecule has 41 heavy (non-hydrogen) atoms. The van der Waals surface area contributed by atoms with Crippen molar-refractivity contribution < 1.29 is 58.0 Å². The molecule has 13 heteroatoms. The van der Waals surface area contributed by atoms with Crippen LogP contribution in [0.3, 0.4) is 0 Å². The van der Waals surface area contributed by atoms with Crippen LogP contribution in [-0.2, 0) is 14.4 Å². The molecule has 210 valence electrons. The zero-order chi connectivity index (χ0) is 30.6. The Kier molecular flexibility index (Phi) is 9.00. The molecular weight excluding hydrogens is 564 g/mol. The number of hydrogen-bond donors (Lipinski definition) is 2. The third-order valence-electron chi connectivity index (χ3n) is 5.26. The Morgan fingerprint density at radius 2 is 0.829 bits per heavy atom. The lowest BCUT2D eigenvalue weighted by atomic mass is 9.93. The van der Waals surface area contributed by atoms with Crippen LogP contribution in [0.4, 0.5) is 0 Å². The van der Waals surface area contributed by atoms with E-state index >= 15 is 0 Å². The highest BCUT2D eigenvalue weighted by atomic mass is 35.5. The molecule has 0 amide bonds. The van der Waals surface area contributed by atoms with Crippen molar-refractivity contribution in [3.8, 4) is 17.2 Å². The highest BCUT2D eigenvalue weighted by Gasteiger charge is 2.31. The van der Waals surface area contributed by atoms with Crippen molar-refractivity contribution in [2.45, 2.75) is 20.8 Å². The van der Waals surface area contributed by atoms with Gasteiger partial charge in [0.15, 0.2) is 17.2 Å². The van der Waals surface area contributed by atoms with Gasteiger partial charge in [0, 0.05) is 25.8 Å². The fraction of sp³-hybridized carbons (Fsp3) is 0.107. The molecule has 0 unspecified atom stereocenters. The number of carboxylic acids is 2. The van der Waals surface area contributed by atoms with Crippen LogP contribution in [0.2, 0.25) is 5.02 Å². The summed E-state index contributed by atoms with van der Waals surface area (Å²) in [6.07, 6.45) is 0. The molecule has 0 aliphatic rings. The standard InChI is InChI=1S/C28H19ClO12/c1-12(30)39-24-16(6-4-8-18(24)27(35)36)22(33)20-10-15(29)11-21(26(20)41-14(3)32)23(34)17-7-5-9-19(28(37)38)25(17)40-13(2)31/h4-11H,1-3H3,(H,35,36)(H,37,38). The SMILES string of the molecule is CC(=O)Oc1c(C(=O)O)cccc1C(=O)c1cc(Cl)cc(C(=O)c2cccc(C(=O)O)c2OC(C)=O)c1OC(C)=O. The number of halogens is 1. The van der Waals surface area contributed by atoms with Crippen molar-refractivity contribution in [2.24, 2.45) is 0 Å². The molecule has 2 N–H and O–H groups in total. The summed E-state index contributed by atoms with van der Waals surface area (Å²) < 4.78 is 15.3. The predicted octanol–water partition coefficient (Wildman–Crippen LogP) is 3.97. The van der Waals surface area contributed by atoms with Gasteiger partial charge in [0.05, 0.1) is 22.3 Å². The fourth-order valence-corrected chi connectivity index (χ4v) is 3.97. The predicted molar refractivity (Wildman–Crippen MR) is 139 cm³/mol. The molecular formula is C28H19ClO12. The number of ketones is 2. The largest absolute Gasteiger partial charge is 0.478 e. The quantitative estimate of drug-likeness (QED) is 0.210. The van der Waals surface area contributed by atoms with Crippen molar-refractivity contribution in [3.05, 3.63) is 86.9 Å². The van der Waals surface area contributed by atoms with Gasteiger partial charge in [-0.1, -0.05) is 23.7 Å². The molecule has 0 bridgehead atoms. The van der Waals surface area contributed by atoms with E-state index < -0.39 is 92.0 Å². The van der Waals surface area contributed by atoms with Crippen molar-refractivity contribution in [3.63, 3.8) is 0 Å². The van der Waals surface area contributed by atoms with Crippen molar-refractivity contribution >= 4 is 53.0 Å². The van der Waals surface area contributed by atoms with E-state index in [0.29, 0.717) is 0 Å². The van der Waals surface area contributed by atoms with Crippen LogP contribution in [0.15, 0.2) is 48.5 Å². The monoisotopic (exact) mass is 582 g/mol. The summed E-state index contributed by atoms with van der Waals surface area (Å²) in [5.41, 5.74) is -2.96. The smallest absolute Gasteiger partial charge is 0.339 e. The van der Waals surface area contributed by atoms with Gasteiger partial charge in [-0.3, -0.25) is 24.0 Å². The van der Waals surface area contributed by atoms with E-state index in [1.165, 1.54) is 12.1 Å². The number of carbonyl (C=O) groups excluding carboxylic acids is 5. The first-order valence-corrected chi connectivity index (χ1v) is 11.8. The molecule has 3 rings (SSSR count). The zero-order valence-electron chi connectivity index (χ0n) is 21.5. The van der Waals surface area contributed by atoms with Crippen LogP contribution in [0.5, 0.6) is 17.2 Å². The first-order chi connectivity index (χ1) is 19.2. The minimum absolute atomic E-state index is 0.223. The third kappa shape index (κ3) is 6.62. The Balaban J connectivity index is 2.34. The molecule has 0 aliphatic heterocycles. The highest BCUT2D eigenvalue weighted by Crippen LogP contribution is 2.37. The van der Waals surface area contributed by atoms with Gasteiger partial charge in [0.1, 0.15) is 11.1 Å². The topological polar surface area (TPSA) is 188 Å². The number of carbonyl (C=O) groups is 7. The molecule has 0 spiro atoms. The molecule has 0 aromatic heterocycles. The van der Waals surface area contributed by atoms with Gasteiger partial charge in [0.2, 0.25) is 11.6 Å². The Bertz CT molecular complexity index is 1540. The number of benzene rings is 3. The van der Waals surface area contributed by atoms with E-state index in [2.05, 4.69) is 0 Å². The second kappa shape index (κ2) is 12.2. The van der Waals surface area contributed by atoms with Crippen LogP contribution in [0, 0.1) is 0 Å². The molecule has 12 nitrogen and oxygen atoms in total. The molecule has 0 fully saturated rings. The third-order valence-corrected chi connectivity index (χ3v) is 5.48. The average Bonchev–Trinajstić information content (AvgIpc) is 2.87. The van der Waals surface area contributed by atoms with Crippen molar-refractivity contribution in [1.82, 2.24) is 0 Å². The van der Waals surface area contributed by atoms with E-state index in [1.807, 2.05) is 0 Å². The van der Waals surface area contributed by atoms with Crippen LogP contribution in [-0.4, -0.2) is 51.6 Å². The molecule has 3 aromatic carbocycles. The number of esters is 3. The maximum Gasteiger partial charge on any atom is 0.339 e. The van der Waals surface area contributed by atoms with Gasteiger partial charge < -0.3 is 24.4 Å². The molecule has 0 heterocycles. The zero-order valence-corrected chi connectivity index (χ0v) is 22.2. The summed E-state index contributed by atoms with van der Waals surface area (Å²) in [7, 11) is 0. The van der Waals surface area contributed by atoms with E-state index in [0.717, 1.165) is 57.2 Å². The van der Waals surface area contributed by atoms with Crippen LogP contribution in [0.25, 0.3) is 0 Å². The summed E-state index contributed by atoms with van der Waals surface area (Å²) in [4.78, 5) is 86.5. The first kappa shape index (κ1) is 30.2. The van der Waals surface area contributed by atoms with Crippen LogP contribution in [0.1, 0.15) is 73.3 Å². The lowest BCUT2D eigenvalue weighted by Crippen LogP contribution is -2.17. The Morgan fingerprint density at radius 1 is 0.537 bits per heavy atom. The number of hydrogen-bond acceptors (Lipinski definition) is 10. The van der Waals surface area contributed by atoms with Gasteiger partial charge in [-0.05, 0) is 36.4 Å². The maximum atomic E-state index is 13.8. The lowest BCUT2D eigenvalue weighted by Gasteiger charge is -2.17. The number of carboxylic acid groups (broad SMARTS) is 2. The van der Waals surface area contributed by atoms with E-state index in [-0.39, 0.29) is 5.02 Å². The molecule has 0 aliphatic carbocycles. The summed E-state index contributed by atoms with van der Waals surface area (Å²) in [6.45, 7) is 2.94. The first-order valence-electron chi connectivity index (χ1n) is 11.4. The normalized spacial score (nSPS) is 10.3. The number of rotatable bonds is 9. The van der Waals surface area contributed by atoms with Gasteiger partial charge in [-0.25, -0.2) is 9.59 Å². The Labute approximate surface area is 236 Å². The summed E-state index contributed by atoms with van der Waals surface area (Å²) in [6, 6.07) is 8.93. The van der Waals surface area contributed by atoms with E-state index in [4.69, 9.17) is 25.8 Å². The second-order valence-electron chi connectivity index (χ2n) is 8.24. The van der Waals surface area contributed by atoms with Crippen LogP contribution >= 0.6 is 11.6 Å². The minimum atomic E-state index is -1.52. The molecule has 0 atom stereocenters. The molecule has 0 radical (unpaired) electrons. The van der Waals surface area contributed by atoms with Crippen molar-refractivity contribution in [1.29, 1.82) is 0 Å². The number of aromatic carboxylic acids is 2. The highest BCUT2D eigenvalue weighted by molar-refractivity contribution is 6.32. The molecule has 0 saturated carbocycles. The van der Waals surface area contributed by atoms with Gasteiger partial charge in [0.25, 0.3) is 0 Å². The maximum absolute atomic E-state index is 13.8. The summed E-state index contributed by atoms with van der Waals surface area (Å²) in [5.74, 6) is -9.82. The molecule has 3 aromatic rings. The van der Waals surface area contributed by atoms with Crippen LogP contribution < -0.4 is 14.2 Å². The minimum Gasteiger partial charge on any atom is -0.478 e. The van der Waals surface area contributed by atoms with E-state index in [9.17, 15) is 43.8 Å². The average molecular weight is 583 g/mol.